The van der Waals surface area contributed by atoms with E-state index in [0.717, 1.165) is 5.56 Å². The highest BCUT2D eigenvalue weighted by Crippen LogP contribution is 2.41. The average Bonchev–Trinajstić information content (AvgIpc) is 2.51. The monoisotopic (exact) mass is 331 g/mol. The van der Waals surface area contributed by atoms with Gasteiger partial charge in [-0.05, 0) is 31.2 Å². The number of alkyl halides is 3. The Hall–Kier alpha value is -1.76. The Kier molecular flexibility index (Phi) is 5.51. The van der Waals surface area contributed by atoms with Crippen LogP contribution < -0.4 is 5.32 Å². The zero-order valence-corrected chi connectivity index (χ0v) is 12.6. The summed E-state index contributed by atoms with van der Waals surface area (Å²) in [6, 6.07) is 9.02. The Morgan fingerprint density at radius 3 is 2.70 bits per heavy atom. The van der Waals surface area contributed by atoms with Gasteiger partial charge in [0.2, 0.25) is 0 Å². The summed E-state index contributed by atoms with van der Waals surface area (Å²) >= 11 is 0. The number of nitrogens with one attached hydrogen (secondary N) is 1. The summed E-state index contributed by atoms with van der Waals surface area (Å²) in [6.07, 6.45) is -4.93. The number of rotatable bonds is 4. The predicted molar refractivity (Wildman–Crippen MR) is 77.6 cm³/mol. The molecule has 0 saturated heterocycles. The first-order chi connectivity index (χ1) is 10.8. The first-order valence-corrected chi connectivity index (χ1v) is 7.52. The number of carbonyl (C=O) groups excluding carboxylic acids is 1. The molecular formula is C16H20F3NO3. The van der Waals surface area contributed by atoms with Crippen LogP contribution >= 0.6 is 0 Å². The molecule has 128 valence electrons. The van der Waals surface area contributed by atoms with Crippen molar-refractivity contribution < 1.29 is 27.8 Å². The van der Waals surface area contributed by atoms with Crippen molar-refractivity contribution in [1.29, 1.82) is 0 Å². The molecule has 1 aliphatic carbocycles. The first kappa shape index (κ1) is 17.6. The molecule has 0 aromatic heterocycles. The summed E-state index contributed by atoms with van der Waals surface area (Å²) in [5.41, 5.74) is -0.735. The molecule has 2 rings (SSSR count). The fraction of sp³-hybridized carbons (Fsp3) is 0.562. The van der Waals surface area contributed by atoms with E-state index in [1.165, 1.54) is 0 Å². The molecule has 7 heteroatoms. The molecule has 0 aliphatic heterocycles. The van der Waals surface area contributed by atoms with Crippen LogP contribution in [0.5, 0.6) is 0 Å². The third kappa shape index (κ3) is 5.42. The Labute approximate surface area is 132 Å². The minimum absolute atomic E-state index is 0.0181. The van der Waals surface area contributed by atoms with Gasteiger partial charge in [0.1, 0.15) is 6.61 Å². The van der Waals surface area contributed by atoms with Crippen molar-refractivity contribution in [3.63, 3.8) is 0 Å². The number of ether oxygens (including phenoxy) is 1. The van der Waals surface area contributed by atoms with Gasteiger partial charge in [-0.1, -0.05) is 30.3 Å². The number of aliphatic hydroxyl groups is 1. The van der Waals surface area contributed by atoms with Crippen LogP contribution in [0.15, 0.2) is 30.3 Å². The van der Waals surface area contributed by atoms with E-state index in [4.69, 9.17) is 4.74 Å². The number of benzene rings is 1. The summed E-state index contributed by atoms with van der Waals surface area (Å²) in [5.74, 6) is -1.52. The molecule has 23 heavy (non-hydrogen) atoms. The van der Waals surface area contributed by atoms with Crippen LogP contribution in [0.4, 0.5) is 18.0 Å². The number of amides is 1. The molecule has 1 fully saturated rings. The number of alkyl carbamates (subject to hydrolysis) is 1. The van der Waals surface area contributed by atoms with Gasteiger partial charge in [-0.25, -0.2) is 4.79 Å². The average molecular weight is 331 g/mol. The molecule has 1 aliphatic rings. The van der Waals surface area contributed by atoms with E-state index in [9.17, 15) is 23.1 Å². The molecule has 0 spiro atoms. The van der Waals surface area contributed by atoms with Crippen molar-refractivity contribution in [3.8, 4) is 0 Å². The largest absolute Gasteiger partial charge is 0.445 e. The molecule has 0 radical (unpaired) electrons. The predicted octanol–water partition coefficient (Wildman–Crippen LogP) is 3.40. The van der Waals surface area contributed by atoms with Gasteiger partial charge >= 0.3 is 12.3 Å². The highest BCUT2D eigenvalue weighted by Gasteiger charge is 2.47. The number of carbonyl (C=O) groups is 1. The number of hydrogen-bond acceptors (Lipinski definition) is 3. The second-order valence-corrected chi connectivity index (χ2v) is 5.97. The second-order valence-electron chi connectivity index (χ2n) is 5.97. The van der Waals surface area contributed by atoms with Crippen molar-refractivity contribution in [2.45, 2.75) is 44.1 Å². The van der Waals surface area contributed by atoms with Gasteiger partial charge in [-0.3, -0.25) is 0 Å². The fourth-order valence-corrected chi connectivity index (χ4v) is 2.79. The zero-order valence-electron chi connectivity index (χ0n) is 12.6. The first-order valence-electron chi connectivity index (χ1n) is 7.52. The molecule has 1 amide bonds. The van der Waals surface area contributed by atoms with Crippen molar-refractivity contribution in [2.24, 2.45) is 5.92 Å². The van der Waals surface area contributed by atoms with Crippen LogP contribution in [0.2, 0.25) is 0 Å². The van der Waals surface area contributed by atoms with Crippen molar-refractivity contribution >= 4 is 6.09 Å². The molecule has 1 saturated carbocycles. The van der Waals surface area contributed by atoms with E-state index in [2.05, 4.69) is 5.32 Å². The van der Waals surface area contributed by atoms with Crippen LogP contribution in [0.3, 0.4) is 0 Å². The van der Waals surface area contributed by atoms with E-state index >= 15 is 0 Å². The fourth-order valence-electron chi connectivity index (χ4n) is 2.79. The lowest BCUT2D eigenvalue weighted by molar-refractivity contribution is -0.199. The van der Waals surface area contributed by atoms with Crippen molar-refractivity contribution in [1.82, 2.24) is 5.32 Å². The molecule has 0 bridgehead atoms. The Morgan fingerprint density at radius 2 is 2.04 bits per heavy atom. The minimum atomic E-state index is -4.32. The highest BCUT2D eigenvalue weighted by molar-refractivity contribution is 5.67. The maximum absolute atomic E-state index is 12.8. The second kappa shape index (κ2) is 7.21. The quantitative estimate of drug-likeness (QED) is 0.889. The van der Waals surface area contributed by atoms with Crippen LogP contribution in [0.25, 0.3) is 0 Å². The van der Waals surface area contributed by atoms with Gasteiger partial charge in [-0.15, -0.1) is 0 Å². The molecule has 1 aromatic rings. The number of halogens is 3. The zero-order chi connectivity index (χ0) is 16.9. The van der Waals surface area contributed by atoms with E-state index in [-0.39, 0.29) is 32.4 Å². The van der Waals surface area contributed by atoms with Crippen LogP contribution in [-0.2, 0) is 11.3 Å². The van der Waals surface area contributed by atoms with E-state index in [1.54, 1.807) is 24.3 Å². The molecule has 2 N–H and O–H groups in total. The summed E-state index contributed by atoms with van der Waals surface area (Å²) in [4.78, 5) is 11.6. The third-order valence-corrected chi connectivity index (χ3v) is 4.06. The smallest absolute Gasteiger partial charge is 0.407 e. The van der Waals surface area contributed by atoms with Gasteiger partial charge < -0.3 is 15.2 Å². The Bertz CT molecular complexity index is 521. The lowest BCUT2D eigenvalue weighted by atomic mass is 9.77. The van der Waals surface area contributed by atoms with Gasteiger partial charge in [0, 0.05) is 6.54 Å². The molecule has 4 nitrogen and oxygen atoms in total. The summed E-state index contributed by atoms with van der Waals surface area (Å²) < 4.78 is 43.3. The molecule has 0 heterocycles. The summed E-state index contributed by atoms with van der Waals surface area (Å²) in [5, 5.41) is 12.6. The highest BCUT2D eigenvalue weighted by atomic mass is 19.4. The Morgan fingerprint density at radius 1 is 1.35 bits per heavy atom. The lowest BCUT2D eigenvalue weighted by Gasteiger charge is -2.37. The van der Waals surface area contributed by atoms with E-state index < -0.39 is 30.2 Å². The molecule has 2 atom stereocenters. The van der Waals surface area contributed by atoms with E-state index in [1.807, 2.05) is 6.07 Å². The SMILES string of the molecule is O=C(NCC1(O)CCCC(C(F)(F)F)C1)OCc1ccccc1. The van der Waals surface area contributed by atoms with Crippen molar-refractivity contribution in [2.75, 3.05) is 6.54 Å². The third-order valence-electron chi connectivity index (χ3n) is 4.06. The van der Waals surface area contributed by atoms with E-state index in [0.29, 0.717) is 0 Å². The molecule has 2 unspecified atom stereocenters. The van der Waals surface area contributed by atoms with Gasteiger partial charge in [0.05, 0.1) is 11.5 Å². The minimum Gasteiger partial charge on any atom is -0.445 e. The van der Waals surface area contributed by atoms with Gasteiger partial charge in [-0.2, -0.15) is 13.2 Å². The standard InChI is InChI=1S/C16H20F3NO3/c17-16(18,19)13-7-4-8-15(22,9-13)11-20-14(21)23-10-12-5-2-1-3-6-12/h1-3,5-6,13,22H,4,7-11H2,(H,20,21). The lowest BCUT2D eigenvalue weighted by Crippen LogP contribution is -2.48. The summed E-state index contributed by atoms with van der Waals surface area (Å²) in [6.45, 7) is -0.177. The maximum atomic E-state index is 12.8. The topological polar surface area (TPSA) is 58.6 Å². The normalized spacial score (nSPS) is 25.0. The van der Waals surface area contributed by atoms with Gasteiger partial charge in [0.25, 0.3) is 0 Å². The number of hydrogen-bond donors (Lipinski definition) is 2. The maximum Gasteiger partial charge on any atom is 0.407 e. The van der Waals surface area contributed by atoms with Gasteiger partial charge in [0.15, 0.2) is 0 Å². The van der Waals surface area contributed by atoms with Crippen molar-refractivity contribution in [3.05, 3.63) is 35.9 Å². The molecule has 1 aromatic carbocycles. The Balaban J connectivity index is 1.78. The van der Waals surface area contributed by atoms with Crippen LogP contribution in [0, 0.1) is 5.92 Å². The molecular weight excluding hydrogens is 311 g/mol. The van der Waals surface area contributed by atoms with Crippen LogP contribution in [0.1, 0.15) is 31.2 Å². The summed E-state index contributed by atoms with van der Waals surface area (Å²) in [7, 11) is 0. The van der Waals surface area contributed by atoms with Crippen LogP contribution in [-0.4, -0.2) is 29.5 Å².